The molecule has 0 N–H and O–H groups in total. The van der Waals surface area contributed by atoms with Crippen LogP contribution < -0.4 is 0 Å². The highest BCUT2D eigenvalue weighted by atomic mass is 16.6. The van der Waals surface area contributed by atoms with Crippen LogP contribution in [0.25, 0.3) is 5.57 Å². The predicted octanol–water partition coefficient (Wildman–Crippen LogP) is 4.91. The lowest BCUT2D eigenvalue weighted by atomic mass is 9.82. The van der Waals surface area contributed by atoms with Crippen LogP contribution in [0.2, 0.25) is 0 Å². The molecule has 3 heteroatoms. The quantitative estimate of drug-likeness (QED) is 0.499. The van der Waals surface area contributed by atoms with E-state index in [0.29, 0.717) is 0 Å². The van der Waals surface area contributed by atoms with Gasteiger partial charge in [-0.25, -0.2) is 0 Å². The number of hydrogen-bond acceptors (Lipinski definition) is 2. The molecule has 2 nitrogen and oxygen atoms in total. The van der Waals surface area contributed by atoms with Crippen molar-refractivity contribution in [3.63, 3.8) is 0 Å². The van der Waals surface area contributed by atoms with Crippen molar-refractivity contribution in [3.05, 3.63) is 54.0 Å². The van der Waals surface area contributed by atoms with Crippen molar-refractivity contribution in [2.24, 2.45) is 0 Å². The summed E-state index contributed by atoms with van der Waals surface area (Å²) < 4.78 is 11.7. The van der Waals surface area contributed by atoms with Crippen LogP contribution in [0.3, 0.4) is 0 Å². The maximum atomic E-state index is 5.87. The van der Waals surface area contributed by atoms with E-state index in [9.17, 15) is 0 Å². The second-order valence-electron chi connectivity index (χ2n) is 5.93. The Morgan fingerprint density at radius 2 is 1.62 bits per heavy atom. The van der Waals surface area contributed by atoms with Gasteiger partial charge < -0.3 is 9.31 Å². The van der Waals surface area contributed by atoms with Crippen molar-refractivity contribution in [2.45, 2.75) is 53.2 Å². The van der Waals surface area contributed by atoms with E-state index in [-0.39, 0.29) is 19.3 Å². The second-order valence-corrected chi connectivity index (χ2v) is 5.93. The molecule has 0 aliphatic rings. The summed E-state index contributed by atoms with van der Waals surface area (Å²) in [6.45, 7) is 14.1. The average Bonchev–Trinajstić information content (AvgIpc) is 2.36. The lowest BCUT2D eigenvalue weighted by Crippen LogP contribution is -2.28. The maximum absolute atomic E-state index is 5.87. The molecule has 21 heavy (non-hydrogen) atoms. The van der Waals surface area contributed by atoms with Gasteiger partial charge in [-0.15, -0.1) is 0 Å². The van der Waals surface area contributed by atoms with E-state index in [0.717, 1.165) is 12.0 Å². The lowest BCUT2D eigenvalue weighted by molar-refractivity contribution is 0.138. The standard InChI is InChI=1S/C18H27BO2/c1-14(2)12-18(17-10-8-7-9-11-17)13-19(20-15(3)4)21-16(5)6/h7-11,13,15-16H,1,12H2,2-6H3/b18-13-. The van der Waals surface area contributed by atoms with Crippen molar-refractivity contribution in [2.75, 3.05) is 0 Å². The van der Waals surface area contributed by atoms with Crippen LogP contribution in [0.1, 0.15) is 46.6 Å². The van der Waals surface area contributed by atoms with Gasteiger partial charge in [0.2, 0.25) is 0 Å². The Morgan fingerprint density at radius 1 is 1.10 bits per heavy atom. The molecule has 0 amide bonds. The minimum atomic E-state index is -0.334. The summed E-state index contributed by atoms with van der Waals surface area (Å²) >= 11 is 0. The third kappa shape index (κ3) is 7.30. The van der Waals surface area contributed by atoms with Gasteiger partial charge in [-0.3, -0.25) is 0 Å². The Hall–Kier alpha value is -1.32. The van der Waals surface area contributed by atoms with Crippen molar-refractivity contribution in [1.29, 1.82) is 0 Å². The molecule has 0 aromatic heterocycles. The molecule has 0 bridgehead atoms. The van der Waals surface area contributed by atoms with E-state index in [4.69, 9.17) is 9.31 Å². The SMILES string of the molecule is C=C(C)C/C(=C/B(OC(C)C)OC(C)C)c1ccccc1. The summed E-state index contributed by atoms with van der Waals surface area (Å²) in [6, 6.07) is 10.3. The van der Waals surface area contributed by atoms with Crippen molar-refractivity contribution >= 4 is 12.7 Å². The van der Waals surface area contributed by atoms with E-state index >= 15 is 0 Å². The van der Waals surface area contributed by atoms with Gasteiger partial charge in [0.15, 0.2) is 0 Å². The highest BCUT2D eigenvalue weighted by Crippen LogP contribution is 2.22. The first-order chi connectivity index (χ1) is 9.88. The first-order valence-corrected chi connectivity index (χ1v) is 7.60. The van der Waals surface area contributed by atoms with Crippen molar-refractivity contribution < 1.29 is 9.31 Å². The summed E-state index contributed by atoms with van der Waals surface area (Å²) in [4.78, 5) is 0. The zero-order valence-electron chi connectivity index (χ0n) is 13.9. The van der Waals surface area contributed by atoms with Gasteiger partial charge in [-0.2, -0.15) is 0 Å². The largest absolute Gasteiger partial charge is 0.486 e. The predicted molar refractivity (Wildman–Crippen MR) is 92.0 cm³/mol. The average molecular weight is 286 g/mol. The van der Waals surface area contributed by atoms with Crippen LogP contribution in [0, 0.1) is 0 Å². The molecule has 114 valence electrons. The Morgan fingerprint density at radius 3 is 2.05 bits per heavy atom. The molecule has 1 rings (SSSR count). The lowest BCUT2D eigenvalue weighted by Gasteiger charge is -2.19. The molecule has 0 unspecified atom stereocenters. The van der Waals surface area contributed by atoms with Crippen molar-refractivity contribution in [3.8, 4) is 0 Å². The van der Waals surface area contributed by atoms with Gasteiger partial charge in [0.1, 0.15) is 0 Å². The van der Waals surface area contributed by atoms with Gasteiger partial charge >= 0.3 is 7.12 Å². The molecule has 0 fully saturated rings. The molecule has 1 aromatic rings. The Kier molecular flexibility index (Phi) is 7.48. The summed E-state index contributed by atoms with van der Waals surface area (Å²) in [6.07, 6.45) is 1.06. The molecule has 0 spiro atoms. The molecule has 0 atom stereocenters. The fourth-order valence-electron chi connectivity index (χ4n) is 2.05. The maximum Gasteiger partial charge on any atom is 0.486 e. The molecule has 0 radical (unpaired) electrons. The monoisotopic (exact) mass is 286 g/mol. The van der Waals surface area contributed by atoms with Gasteiger partial charge in [0.05, 0.1) is 0 Å². The molecule has 0 saturated carbocycles. The Labute approximate surface area is 130 Å². The zero-order valence-corrected chi connectivity index (χ0v) is 13.9. The first-order valence-electron chi connectivity index (χ1n) is 7.60. The van der Waals surface area contributed by atoms with E-state index in [1.165, 1.54) is 11.1 Å². The van der Waals surface area contributed by atoms with Gasteiger partial charge in [-0.05, 0) is 52.2 Å². The van der Waals surface area contributed by atoms with Gasteiger partial charge in [-0.1, -0.05) is 48.5 Å². The molecule has 0 heterocycles. The Bertz CT molecular complexity index is 453. The highest BCUT2D eigenvalue weighted by molar-refractivity contribution is 6.52. The summed E-state index contributed by atoms with van der Waals surface area (Å²) in [7, 11) is -0.334. The van der Waals surface area contributed by atoms with E-state index in [1.54, 1.807) is 0 Å². The smallest absolute Gasteiger partial charge is 0.405 e. The normalized spacial score (nSPS) is 12.0. The van der Waals surface area contributed by atoms with Crippen LogP contribution in [0.5, 0.6) is 0 Å². The fourth-order valence-corrected chi connectivity index (χ4v) is 2.05. The van der Waals surface area contributed by atoms with Gasteiger partial charge in [0.25, 0.3) is 0 Å². The molecular formula is C18H27BO2. The summed E-state index contributed by atoms with van der Waals surface area (Å²) in [5, 5.41) is 0. The van der Waals surface area contributed by atoms with Crippen LogP contribution in [0.4, 0.5) is 0 Å². The van der Waals surface area contributed by atoms with Gasteiger partial charge in [0, 0.05) is 12.2 Å². The molecule has 0 saturated heterocycles. The number of rotatable bonds is 8. The minimum absolute atomic E-state index is 0.117. The van der Waals surface area contributed by atoms with Crippen LogP contribution in [-0.4, -0.2) is 19.3 Å². The third-order valence-corrected chi connectivity index (χ3v) is 2.79. The fraction of sp³-hybridized carbons (Fsp3) is 0.444. The van der Waals surface area contributed by atoms with E-state index in [2.05, 4.69) is 24.7 Å². The number of hydrogen-bond donors (Lipinski definition) is 0. The van der Waals surface area contributed by atoms with Crippen LogP contribution >= 0.6 is 0 Å². The summed E-state index contributed by atoms with van der Waals surface area (Å²) in [5.74, 6) is 2.07. The number of allylic oxidation sites excluding steroid dienone is 2. The minimum Gasteiger partial charge on any atom is -0.405 e. The molecular weight excluding hydrogens is 259 g/mol. The second kappa shape index (κ2) is 8.86. The topological polar surface area (TPSA) is 18.5 Å². The van der Waals surface area contributed by atoms with E-state index < -0.39 is 0 Å². The molecule has 0 aliphatic carbocycles. The third-order valence-electron chi connectivity index (χ3n) is 2.79. The molecule has 0 aliphatic heterocycles. The number of benzene rings is 1. The first kappa shape index (κ1) is 17.7. The van der Waals surface area contributed by atoms with E-state index in [1.807, 2.05) is 52.8 Å². The zero-order chi connectivity index (χ0) is 15.8. The molecule has 1 aromatic carbocycles. The van der Waals surface area contributed by atoms with Crippen molar-refractivity contribution in [1.82, 2.24) is 0 Å². The summed E-state index contributed by atoms with van der Waals surface area (Å²) in [5.41, 5.74) is 3.50. The Balaban J connectivity index is 3.04. The van der Waals surface area contributed by atoms with Crippen LogP contribution in [-0.2, 0) is 9.31 Å². The van der Waals surface area contributed by atoms with Crippen LogP contribution in [0.15, 0.2) is 48.5 Å². The highest BCUT2D eigenvalue weighted by Gasteiger charge is 2.20.